The van der Waals surface area contributed by atoms with Crippen LogP contribution >= 0.6 is 0 Å². The van der Waals surface area contributed by atoms with Crippen LogP contribution in [-0.2, 0) is 4.74 Å². The van der Waals surface area contributed by atoms with Crippen LogP contribution in [0.15, 0.2) is 18.2 Å². The quantitative estimate of drug-likeness (QED) is 0.512. The fraction of sp³-hybridized carbons (Fsp3) is 0.333. The number of carbonyl (C=O) groups is 1. The van der Waals surface area contributed by atoms with Crippen molar-refractivity contribution in [3.8, 4) is 17.9 Å². The van der Waals surface area contributed by atoms with Crippen molar-refractivity contribution in [2.24, 2.45) is 0 Å². The maximum atomic E-state index is 11.4. The number of nitrogens with one attached hydrogen (secondary N) is 1. The zero-order valence-corrected chi connectivity index (χ0v) is 12.5. The third-order valence-electron chi connectivity index (χ3n) is 2.27. The van der Waals surface area contributed by atoms with Crippen LogP contribution in [0.25, 0.3) is 0 Å². The van der Waals surface area contributed by atoms with E-state index in [0.717, 1.165) is 0 Å². The molecular formula is C15H15N3O4. The lowest BCUT2D eigenvalue weighted by Crippen LogP contribution is -2.32. The molecule has 1 N–H and O–H groups in total. The van der Waals surface area contributed by atoms with Crippen molar-refractivity contribution in [3.05, 3.63) is 39.4 Å². The van der Waals surface area contributed by atoms with Crippen LogP contribution in [0.2, 0.25) is 0 Å². The number of rotatable bonds is 2. The van der Waals surface area contributed by atoms with Crippen molar-refractivity contribution >= 4 is 11.8 Å². The third-order valence-corrected chi connectivity index (χ3v) is 2.27. The summed E-state index contributed by atoms with van der Waals surface area (Å²) in [6.07, 6.45) is -0.590. The maximum absolute atomic E-state index is 11.4. The molecule has 0 aliphatic heterocycles. The van der Waals surface area contributed by atoms with E-state index in [9.17, 15) is 14.9 Å². The van der Waals surface area contributed by atoms with Gasteiger partial charge in [0.15, 0.2) is 0 Å². The molecule has 0 bridgehead atoms. The van der Waals surface area contributed by atoms with E-state index < -0.39 is 16.6 Å². The lowest BCUT2D eigenvalue weighted by molar-refractivity contribution is -0.385. The summed E-state index contributed by atoms with van der Waals surface area (Å²) in [5.41, 5.74) is -0.529. The summed E-state index contributed by atoms with van der Waals surface area (Å²) in [4.78, 5) is 21.6. The molecule has 1 rings (SSSR count). The molecule has 0 spiro atoms. The molecule has 0 aromatic heterocycles. The van der Waals surface area contributed by atoms with E-state index in [4.69, 9.17) is 10.00 Å². The van der Waals surface area contributed by atoms with E-state index in [-0.39, 0.29) is 17.8 Å². The van der Waals surface area contributed by atoms with E-state index in [1.165, 1.54) is 18.2 Å². The highest BCUT2D eigenvalue weighted by atomic mass is 16.6. The lowest BCUT2D eigenvalue weighted by atomic mass is 10.1. The highest BCUT2D eigenvalue weighted by Gasteiger charge is 2.15. The van der Waals surface area contributed by atoms with Crippen LogP contribution in [0.4, 0.5) is 10.5 Å². The predicted molar refractivity (Wildman–Crippen MR) is 78.9 cm³/mol. The number of alkyl carbamates (subject to hydrolysis) is 1. The molecule has 1 aromatic rings. The predicted octanol–water partition coefficient (Wildman–Crippen LogP) is 2.34. The number of nitriles is 1. The molecule has 1 aromatic carbocycles. The Hall–Kier alpha value is -3.06. The van der Waals surface area contributed by atoms with Crippen molar-refractivity contribution in [2.75, 3.05) is 6.54 Å². The average Bonchev–Trinajstić information content (AvgIpc) is 2.41. The second kappa shape index (κ2) is 7.09. The molecule has 1 amide bonds. The summed E-state index contributed by atoms with van der Waals surface area (Å²) in [5, 5.41) is 22.0. The van der Waals surface area contributed by atoms with Gasteiger partial charge in [-0.05, 0) is 32.9 Å². The molecule has 0 aliphatic carbocycles. The second-order valence-corrected chi connectivity index (χ2v) is 5.26. The first-order chi connectivity index (χ1) is 10.2. The minimum absolute atomic E-state index is 0.0255. The monoisotopic (exact) mass is 301 g/mol. The summed E-state index contributed by atoms with van der Waals surface area (Å²) >= 11 is 0. The molecule has 0 aliphatic rings. The van der Waals surface area contributed by atoms with Crippen LogP contribution in [0.1, 0.15) is 31.9 Å². The summed E-state index contributed by atoms with van der Waals surface area (Å²) in [6.45, 7) is 5.28. The normalized spacial score (nSPS) is 9.91. The van der Waals surface area contributed by atoms with E-state index in [1.54, 1.807) is 26.8 Å². The Bertz CT molecular complexity index is 687. The van der Waals surface area contributed by atoms with Gasteiger partial charge < -0.3 is 10.1 Å². The molecule has 7 nitrogen and oxygen atoms in total. The average molecular weight is 301 g/mol. The van der Waals surface area contributed by atoms with Gasteiger partial charge in [-0.2, -0.15) is 5.26 Å². The smallest absolute Gasteiger partial charge is 0.408 e. The van der Waals surface area contributed by atoms with Gasteiger partial charge in [0.2, 0.25) is 0 Å². The fourth-order valence-electron chi connectivity index (χ4n) is 1.43. The molecular weight excluding hydrogens is 286 g/mol. The minimum atomic E-state index is -0.636. The molecule has 22 heavy (non-hydrogen) atoms. The molecule has 0 atom stereocenters. The fourth-order valence-corrected chi connectivity index (χ4v) is 1.43. The van der Waals surface area contributed by atoms with Gasteiger partial charge in [0.05, 0.1) is 11.5 Å². The zero-order chi connectivity index (χ0) is 16.8. The van der Waals surface area contributed by atoms with E-state index in [1.807, 2.05) is 0 Å². The van der Waals surface area contributed by atoms with Gasteiger partial charge in [0, 0.05) is 11.6 Å². The topological polar surface area (TPSA) is 105 Å². The highest BCUT2D eigenvalue weighted by molar-refractivity contribution is 5.68. The van der Waals surface area contributed by atoms with Crippen LogP contribution in [0, 0.1) is 33.3 Å². The van der Waals surface area contributed by atoms with Crippen LogP contribution < -0.4 is 5.32 Å². The Morgan fingerprint density at radius 3 is 2.68 bits per heavy atom. The molecule has 0 saturated carbocycles. The molecule has 0 radical (unpaired) electrons. The van der Waals surface area contributed by atoms with Crippen molar-refractivity contribution in [1.29, 1.82) is 5.26 Å². The molecule has 114 valence electrons. The van der Waals surface area contributed by atoms with Crippen molar-refractivity contribution < 1.29 is 14.5 Å². The standard InChI is InChI=1S/C15H15N3O4/c1-15(2,3)22-14(19)17-8-4-5-11-6-7-12(10-16)13(9-11)18(20)21/h6-7,9H,8H2,1-3H3,(H,17,19). The van der Waals surface area contributed by atoms with Crippen molar-refractivity contribution in [3.63, 3.8) is 0 Å². The summed E-state index contributed by atoms with van der Waals surface area (Å²) in [7, 11) is 0. The number of nitro groups is 1. The van der Waals surface area contributed by atoms with E-state index >= 15 is 0 Å². The number of amides is 1. The first-order valence-electron chi connectivity index (χ1n) is 6.37. The number of nitro benzene ring substituents is 1. The first-order valence-corrected chi connectivity index (χ1v) is 6.37. The Morgan fingerprint density at radius 1 is 1.45 bits per heavy atom. The summed E-state index contributed by atoms with van der Waals surface area (Å²) in [5.74, 6) is 5.33. The lowest BCUT2D eigenvalue weighted by Gasteiger charge is -2.18. The molecule has 0 fully saturated rings. The van der Waals surface area contributed by atoms with Gasteiger partial charge in [0.25, 0.3) is 5.69 Å². The Kier molecular flexibility index (Phi) is 5.48. The van der Waals surface area contributed by atoms with E-state index in [0.29, 0.717) is 5.56 Å². The first kappa shape index (κ1) is 17.0. The molecule has 0 heterocycles. The molecule has 0 saturated heterocycles. The van der Waals surface area contributed by atoms with Gasteiger partial charge in [0.1, 0.15) is 17.2 Å². The SMILES string of the molecule is CC(C)(C)OC(=O)NCC#Cc1ccc(C#N)c([N+](=O)[O-])c1. The third kappa shape index (κ3) is 5.51. The number of ether oxygens (including phenoxy) is 1. The number of nitrogens with zero attached hydrogens (tertiary/aromatic N) is 2. The minimum Gasteiger partial charge on any atom is -0.444 e. The summed E-state index contributed by atoms with van der Waals surface area (Å²) in [6, 6.07) is 5.81. The number of hydrogen-bond acceptors (Lipinski definition) is 5. The van der Waals surface area contributed by atoms with E-state index in [2.05, 4.69) is 17.2 Å². The maximum Gasteiger partial charge on any atom is 0.408 e. The number of carbonyl (C=O) groups excluding carboxylic acids is 1. The van der Waals surface area contributed by atoms with Gasteiger partial charge in [-0.3, -0.25) is 10.1 Å². The molecule has 7 heteroatoms. The number of benzene rings is 1. The highest BCUT2D eigenvalue weighted by Crippen LogP contribution is 2.18. The van der Waals surface area contributed by atoms with Crippen LogP contribution in [0.5, 0.6) is 0 Å². The largest absolute Gasteiger partial charge is 0.444 e. The Morgan fingerprint density at radius 2 is 2.14 bits per heavy atom. The van der Waals surface area contributed by atoms with Gasteiger partial charge in [-0.1, -0.05) is 11.8 Å². The van der Waals surface area contributed by atoms with Crippen molar-refractivity contribution in [1.82, 2.24) is 5.32 Å². The van der Waals surface area contributed by atoms with Crippen LogP contribution in [0.3, 0.4) is 0 Å². The van der Waals surface area contributed by atoms with Gasteiger partial charge in [-0.25, -0.2) is 4.79 Å². The molecule has 0 unspecified atom stereocenters. The Balaban J connectivity index is 2.70. The number of hydrogen-bond donors (Lipinski definition) is 1. The van der Waals surface area contributed by atoms with Crippen molar-refractivity contribution in [2.45, 2.75) is 26.4 Å². The Labute approximate surface area is 128 Å². The summed E-state index contributed by atoms with van der Waals surface area (Å²) < 4.78 is 5.03. The zero-order valence-electron chi connectivity index (χ0n) is 12.5. The second-order valence-electron chi connectivity index (χ2n) is 5.26. The van der Waals surface area contributed by atoms with Gasteiger partial charge in [-0.15, -0.1) is 0 Å². The van der Waals surface area contributed by atoms with Gasteiger partial charge >= 0.3 is 6.09 Å². The van der Waals surface area contributed by atoms with Crippen LogP contribution in [-0.4, -0.2) is 23.2 Å².